The van der Waals surface area contributed by atoms with Crippen molar-refractivity contribution < 1.29 is 8.98 Å². The molecule has 0 aliphatic carbocycles. The van der Waals surface area contributed by atoms with E-state index in [2.05, 4.69) is 43.4 Å². The van der Waals surface area contributed by atoms with Gasteiger partial charge in [-0.25, -0.2) is 4.98 Å². The summed E-state index contributed by atoms with van der Waals surface area (Å²) in [4.78, 5) is 9.08. The number of rotatable bonds is 1. The van der Waals surface area contributed by atoms with Crippen molar-refractivity contribution in [1.82, 2.24) is 14.5 Å². The highest BCUT2D eigenvalue weighted by Crippen LogP contribution is 2.35. The molecule has 6 rings (SSSR count). The molecule has 5 nitrogen and oxygen atoms in total. The van der Waals surface area contributed by atoms with Crippen LogP contribution in [-0.2, 0) is 6.54 Å². The summed E-state index contributed by atoms with van der Waals surface area (Å²) < 4.78 is 10.7. The zero-order chi connectivity index (χ0) is 16.4. The van der Waals surface area contributed by atoms with Crippen molar-refractivity contribution in [3.8, 4) is 17.1 Å². The van der Waals surface area contributed by atoms with E-state index < -0.39 is 0 Å². The number of benzene rings is 1. The Hall–Kier alpha value is -3.47. The Bertz CT molecular complexity index is 1270. The van der Waals surface area contributed by atoms with Gasteiger partial charge in [-0.3, -0.25) is 4.98 Å². The van der Waals surface area contributed by atoms with Gasteiger partial charge in [0, 0.05) is 12.4 Å². The summed E-state index contributed by atoms with van der Waals surface area (Å²) >= 11 is 0. The van der Waals surface area contributed by atoms with Gasteiger partial charge in [-0.05, 0) is 36.4 Å². The number of hydrogen-bond donors (Lipinski definition) is 0. The molecule has 5 heterocycles. The topological polar surface area (TPSA) is 47.7 Å². The normalized spacial score (nSPS) is 12.6. The van der Waals surface area contributed by atoms with Gasteiger partial charge in [0.2, 0.25) is 0 Å². The average molecular weight is 325 g/mol. The Morgan fingerprint density at radius 1 is 0.920 bits per heavy atom. The van der Waals surface area contributed by atoms with Crippen molar-refractivity contribution in [3.05, 3.63) is 72.7 Å². The van der Waals surface area contributed by atoms with E-state index in [1.165, 1.54) is 0 Å². The van der Waals surface area contributed by atoms with Gasteiger partial charge in [-0.2, -0.15) is 9.13 Å². The van der Waals surface area contributed by atoms with Gasteiger partial charge in [0.25, 0.3) is 11.5 Å². The van der Waals surface area contributed by atoms with Crippen molar-refractivity contribution in [2.24, 2.45) is 0 Å². The van der Waals surface area contributed by atoms with Crippen LogP contribution in [0.4, 0.5) is 0 Å². The predicted octanol–water partition coefficient (Wildman–Crippen LogP) is 3.48. The molecule has 5 heteroatoms. The summed E-state index contributed by atoms with van der Waals surface area (Å²) in [6.45, 7) is 0.710. The molecule has 25 heavy (non-hydrogen) atoms. The first-order valence-corrected chi connectivity index (χ1v) is 8.23. The standard InChI is InChI=1S/C20H13N4O/c1-2-6-13(7-3-1)24-16-9-5-11-22-17(16)18-19(24)23-12-15-14(20(23)25-18)8-4-10-21-15/h1-11H,12H2/q+1. The molecule has 0 bridgehead atoms. The fourth-order valence-corrected chi connectivity index (χ4v) is 3.75. The molecule has 0 saturated heterocycles. The fraction of sp³-hybridized carbons (Fsp3) is 0.0500. The van der Waals surface area contributed by atoms with Gasteiger partial charge in [0.05, 0.1) is 11.3 Å². The number of fused-ring (bicyclic) bond motifs is 7. The third-order valence-electron chi connectivity index (χ3n) is 4.80. The summed E-state index contributed by atoms with van der Waals surface area (Å²) in [5.41, 5.74) is 6.96. The SMILES string of the molecule is c1ccc(-n2c3cccnc3c3oc4[n+](c32)Cc2ncccc2-4)cc1. The highest BCUT2D eigenvalue weighted by Gasteiger charge is 2.36. The molecule has 0 fully saturated rings. The van der Waals surface area contributed by atoms with Gasteiger partial charge in [-0.15, -0.1) is 0 Å². The third kappa shape index (κ3) is 1.59. The number of pyridine rings is 2. The molecule has 1 aliphatic heterocycles. The van der Waals surface area contributed by atoms with Crippen LogP contribution in [0.3, 0.4) is 0 Å². The van der Waals surface area contributed by atoms with E-state index in [-0.39, 0.29) is 0 Å². The fourth-order valence-electron chi connectivity index (χ4n) is 3.75. The number of aromatic nitrogens is 4. The largest absolute Gasteiger partial charge is 0.411 e. The molecule has 0 unspecified atom stereocenters. The van der Waals surface area contributed by atoms with Crippen LogP contribution in [0, 0.1) is 0 Å². The first kappa shape index (κ1) is 12.9. The highest BCUT2D eigenvalue weighted by atomic mass is 16.4. The van der Waals surface area contributed by atoms with Crippen LogP contribution in [0.25, 0.3) is 39.4 Å². The quantitative estimate of drug-likeness (QED) is 0.435. The second-order valence-corrected chi connectivity index (χ2v) is 6.19. The number of nitrogens with zero attached hydrogens (tertiary/aromatic N) is 4. The molecule has 4 aromatic heterocycles. The Labute approximate surface area is 142 Å². The smallest absolute Gasteiger partial charge is 0.336 e. The molecule has 0 amide bonds. The van der Waals surface area contributed by atoms with Crippen molar-refractivity contribution in [2.75, 3.05) is 0 Å². The lowest BCUT2D eigenvalue weighted by atomic mass is 10.2. The lowest BCUT2D eigenvalue weighted by Gasteiger charge is -1.99. The minimum absolute atomic E-state index is 0.710. The molecular formula is C20H13N4O+. The van der Waals surface area contributed by atoms with Crippen LogP contribution in [-0.4, -0.2) is 14.5 Å². The maximum Gasteiger partial charge on any atom is 0.336 e. The van der Waals surface area contributed by atoms with E-state index in [1.807, 2.05) is 42.7 Å². The molecule has 1 aliphatic rings. The monoisotopic (exact) mass is 325 g/mol. The first-order chi connectivity index (χ1) is 12.4. The van der Waals surface area contributed by atoms with Crippen molar-refractivity contribution >= 4 is 22.3 Å². The van der Waals surface area contributed by atoms with E-state index >= 15 is 0 Å². The lowest BCUT2D eigenvalue weighted by molar-refractivity contribution is -0.652. The summed E-state index contributed by atoms with van der Waals surface area (Å²) in [7, 11) is 0. The first-order valence-electron chi connectivity index (χ1n) is 8.23. The lowest BCUT2D eigenvalue weighted by Crippen LogP contribution is -2.32. The number of oxazole rings is 1. The molecule has 1 aromatic carbocycles. The van der Waals surface area contributed by atoms with Crippen molar-refractivity contribution in [3.63, 3.8) is 0 Å². The third-order valence-corrected chi connectivity index (χ3v) is 4.80. The molecule has 0 radical (unpaired) electrons. The number of para-hydroxylation sites is 1. The second kappa shape index (κ2) is 4.54. The molecular weight excluding hydrogens is 312 g/mol. The Balaban J connectivity index is 1.79. The van der Waals surface area contributed by atoms with E-state index in [1.54, 1.807) is 0 Å². The van der Waals surface area contributed by atoms with Gasteiger partial charge in [0.15, 0.2) is 11.0 Å². The molecule has 0 saturated carbocycles. The summed E-state index contributed by atoms with van der Waals surface area (Å²) in [5, 5.41) is 0. The van der Waals surface area contributed by atoms with Crippen molar-refractivity contribution in [1.29, 1.82) is 0 Å². The molecule has 0 N–H and O–H groups in total. The van der Waals surface area contributed by atoms with Crippen LogP contribution in [0.1, 0.15) is 5.69 Å². The molecule has 5 aromatic rings. The Morgan fingerprint density at radius 2 is 1.76 bits per heavy atom. The Morgan fingerprint density at radius 3 is 2.68 bits per heavy atom. The zero-order valence-electron chi connectivity index (χ0n) is 13.3. The van der Waals surface area contributed by atoms with E-state index in [4.69, 9.17) is 4.42 Å². The summed E-state index contributed by atoms with van der Waals surface area (Å²) in [6.07, 6.45) is 3.64. The minimum Gasteiger partial charge on any atom is -0.411 e. The summed E-state index contributed by atoms with van der Waals surface area (Å²) in [6, 6.07) is 18.4. The van der Waals surface area contributed by atoms with E-state index in [0.29, 0.717) is 6.54 Å². The van der Waals surface area contributed by atoms with Gasteiger partial charge < -0.3 is 4.42 Å². The van der Waals surface area contributed by atoms with Crippen molar-refractivity contribution in [2.45, 2.75) is 6.54 Å². The summed E-state index contributed by atoms with van der Waals surface area (Å²) in [5.74, 6) is 0.852. The van der Waals surface area contributed by atoms with E-state index in [0.717, 1.165) is 45.1 Å². The number of hydrogen-bond acceptors (Lipinski definition) is 3. The van der Waals surface area contributed by atoms with Crippen LogP contribution in [0.5, 0.6) is 0 Å². The van der Waals surface area contributed by atoms with Crippen LogP contribution in [0.15, 0.2) is 71.4 Å². The van der Waals surface area contributed by atoms with Crippen LogP contribution < -0.4 is 4.57 Å². The molecule has 0 spiro atoms. The minimum atomic E-state index is 0.710. The zero-order valence-corrected chi connectivity index (χ0v) is 13.3. The van der Waals surface area contributed by atoms with Gasteiger partial charge in [-0.1, -0.05) is 18.2 Å². The molecule has 118 valence electrons. The van der Waals surface area contributed by atoms with E-state index in [9.17, 15) is 0 Å². The maximum absolute atomic E-state index is 6.29. The van der Waals surface area contributed by atoms with Gasteiger partial charge in [0.1, 0.15) is 12.2 Å². The predicted molar refractivity (Wildman–Crippen MR) is 93.4 cm³/mol. The average Bonchev–Trinajstić information content (AvgIpc) is 3.30. The maximum atomic E-state index is 6.29. The van der Waals surface area contributed by atoms with Crippen LogP contribution >= 0.6 is 0 Å². The molecule has 0 atom stereocenters. The Kier molecular flexibility index (Phi) is 2.34. The van der Waals surface area contributed by atoms with Crippen LogP contribution in [0.2, 0.25) is 0 Å². The second-order valence-electron chi connectivity index (χ2n) is 6.19. The highest BCUT2D eigenvalue weighted by molar-refractivity contribution is 6.01. The van der Waals surface area contributed by atoms with Gasteiger partial charge >= 0.3 is 5.65 Å².